The first-order valence-corrected chi connectivity index (χ1v) is 4.08. The van der Waals surface area contributed by atoms with E-state index in [1.165, 1.54) is 25.7 Å². The molecule has 0 saturated heterocycles. The third kappa shape index (κ3) is 1.40. The first-order chi connectivity index (χ1) is 4.83. The fourth-order valence-electron chi connectivity index (χ4n) is 1.81. The van der Waals surface area contributed by atoms with Gasteiger partial charge in [0.2, 0.25) is 0 Å². The largest absolute Gasteiger partial charge is 0.395 e. The Morgan fingerprint density at radius 1 is 1.40 bits per heavy atom. The van der Waals surface area contributed by atoms with Crippen LogP contribution in [0.4, 0.5) is 0 Å². The molecule has 0 aromatic carbocycles. The zero-order chi connectivity index (χ0) is 7.45. The van der Waals surface area contributed by atoms with Crippen LogP contribution in [0.2, 0.25) is 0 Å². The second kappa shape index (κ2) is 3.20. The van der Waals surface area contributed by atoms with E-state index in [0.717, 1.165) is 0 Å². The van der Waals surface area contributed by atoms with Gasteiger partial charge >= 0.3 is 0 Å². The van der Waals surface area contributed by atoms with Crippen molar-refractivity contribution in [3.05, 3.63) is 12.2 Å². The minimum Gasteiger partial charge on any atom is -0.395 e. The van der Waals surface area contributed by atoms with E-state index < -0.39 is 0 Å². The van der Waals surface area contributed by atoms with Crippen LogP contribution in [-0.2, 0) is 0 Å². The molecule has 0 heterocycles. The predicted molar refractivity (Wildman–Crippen MR) is 42.8 cm³/mol. The molecule has 0 radical (unpaired) electrons. The van der Waals surface area contributed by atoms with E-state index in [2.05, 4.69) is 12.2 Å². The van der Waals surface area contributed by atoms with Crippen LogP contribution in [-0.4, -0.2) is 11.7 Å². The van der Waals surface area contributed by atoms with Crippen LogP contribution in [0.25, 0.3) is 0 Å². The molecule has 1 aliphatic rings. The summed E-state index contributed by atoms with van der Waals surface area (Å²) in [6.45, 7) is 2.35. The highest BCUT2D eigenvalue weighted by Crippen LogP contribution is 2.38. The maximum absolute atomic E-state index is 9.10. The fraction of sp³-hybridized carbons (Fsp3) is 0.778. The van der Waals surface area contributed by atoms with Gasteiger partial charge in [0.15, 0.2) is 0 Å². The van der Waals surface area contributed by atoms with Gasteiger partial charge in [0.05, 0.1) is 6.61 Å². The van der Waals surface area contributed by atoms with Crippen molar-refractivity contribution in [1.29, 1.82) is 0 Å². The Morgan fingerprint density at radius 2 is 2.00 bits per heavy atom. The predicted octanol–water partition coefficient (Wildman–Crippen LogP) is 2.12. The molecule has 1 aliphatic carbocycles. The summed E-state index contributed by atoms with van der Waals surface area (Å²) in [5, 5.41) is 9.10. The van der Waals surface area contributed by atoms with Crippen molar-refractivity contribution in [3.63, 3.8) is 0 Å². The number of allylic oxidation sites excluding steroid dienone is 1. The van der Waals surface area contributed by atoms with Crippen molar-refractivity contribution in [3.8, 4) is 0 Å². The van der Waals surface area contributed by atoms with E-state index in [1.807, 2.05) is 6.92 Å². The topological polar surface area (TPSA) is 20.2 Å². The SMILES string of the molecule is C/C=C/C1(CO)CCCC1. The molecule has 10 heavy (non-hydrogen) atoms. The highest BCUT2D eigenvalue weighted by molar-refractivity contribution is 5.00. The molecule has 0 bridgehead atoms. The van der Waals surface area contributed by atoms with Crippen molar-refractivity contribution in [2.24, 2.45) is 5.41 Å². The van der Waals surface area contributed by atoms with Gasteiger partial charge in [0.25, 0.3) is 0 Å². The summed E-state index contributed by atoms with van der Waals surface area (Å²) >= 11 is 0. The summed E-state index contributed by atoms with van der Waals surface area (Å²) in [5.74, 6) is 0. The van der Waals surface area contributed by atoms with Crippen LogP contribution in [0, 0.1) is 5.41 Å². The van der Waals surface area contributed by atoms with E-state index in [4.69, 9.17) is 5.11 Å². The summed E-state index contributed by atoms with van der Waals surface area (Å²) in [6, 6.07) is 0. The van der Waals surface area contributed by atoms with Crippen LogP contribution in [0.5, 0.6) is 0 Å². The summed E-state index contributed by atoms with van der Waals surface area (Å²) < 4.78 is 0. The number of rotatable bonds is 2. The molecular formula is C9H16O. The molecule has 0 spiro atoms. The van der Waals surface area contributed by atoms with Gasteiger partial charge in [-0.15, -0.1) is 0 Å². The van der Waals surface area contributed by atoms with E-state index in [0.29, 0.717) is 6.61 Å². The van der Waals surface area contributed by atoms with Crippen molar-refractivity contribution in [1.82, 2.24) is 0 Å². The average Bonchev–Trinajstić information content (AvgIpc) is 2.39. The highest BCUT2D eigenvalue weighted by atomic mass is 16.3. The van der Waals surface area contributed by atoms with Gasteiger partial charge in [-0.1, -0.05) is 25.0 Å². The summed E-state index contributed by atoms with van der Waals surface area (Å²) in [6.07, 6.45) is 9.14. The fourth-order valence-corrected chi connectivity index (χ4v) is 1.81. The van der Waals surface area contributed by atoms with Crippen molar-refractivity contribution >= 4 is 0 Å². The Balaban J connectivity index is 2.57. The molecule has 0 aromatic heterocycles. The van der Waals surface area contributed by atoms with Crippen LogP contribution >= 0.6 is 0 Å². The van der Waals surface area contributed by atoms with Gasteiger partial charge < -0.3 is 5.11 Å². The van der Waals surface area contributed by atoms with Crippen LogP contribution < -0.4 is 0 Å². The van der Waals surface area contributed by atoms with Gasteiger partial charge in [-0.2, -0.15) is 0 Å². The molecule has 0 aromatic rings. The van der Waals surface area contributed by atoms with E-state index in [9.17, 15) is 0 Å². The van der Waals surface area contributed by atoms with E-state index >= 15 is 0 Å². The second-order valence-electron chi connectivity index (χ2n) is 3.23. The Kier molecular flexibility index (Phi) is 2.50. The van der Waals surface area contributed by atoms with Crippen molar-refractivity contribution < 1.29 is 5.11 Å². The van der Waals surface area contributed by atoms with Crippen LogP contribution in [0.1, 0.15) is 32.6 Å². The standard InChI is InChI=1S/C9H16O/c1-2-5-9(8-10)6-3-4-7-9/h2,5,10H,3-4,6-8H2,1H3/b5-2+. The van der Waals surface area contributed by atoms with Crippen LogP contribution in [0.3, 0.4) is 0 Å². The lowest BCUT2D eigenvalue weighted by Gasteiger charge is -2.20. The van der Waals surface area contributed by atoms with Gasteiger partial charge in [-0.05, 0) is 19.8 Å². The Morgan fingerprint density at radius 3 is 2.40 bits per heavy atom. The number of aliphatic hydroxyl groups excluding tert-OH is 1. The van der Waals surface area contributed by atoms with Gasteiger partial charge in [0, 0.05) is 5.41 Å². The first-order valence-electron chi connectivity index (χ1n) is 4.08. The monoisotopic (exact) mass is 140 g/mol. The summed E-state index contributed by atoms with van der Waals surface area (Å²) in [5.41, 5.74) is 0.161. The molecule has 1 nitrogen and oxygen atoms in total. The summed E-state index contributed by atoms with van der Waals surface area (Å²) in [7, 11) is 0. The third-order valence-electron chi connectivity index (χ3n) is 2.43. The van der Waals surface area contributed by atoms with Gasteiger partial charge in [-0.3, -0.25) is 0 Å². The number of hydrogen-bond donors (Lipinski definition) is 1. The Bertz CT molecular complexity index is 121. The molecule has 1 rings (SSSR count). The number of aliphatic hydroxyl groups is 1. The molecule has 0 atom stereocenters. The van der Waals surface area contributed by atoms with E-state index in [-0.39, 0.29) is 5.41 Å². The quantitative estimate of drug-likeness (QED) is 0.582. The molecule has 0 amide bonds. The maximum Gasteiger partial charge on any atom is 0.0521 e. The Labute approximate surface area is 62.8 Å². The third-order valence-corrected chi connectivity index (χ3v) is 2.43. The van der Waals surface area contributed by atoms with E-state index in [1.54, 1.807) is 0 Å². The van der Waals surface area contributed by atoms with Gasteiger partial charge in [0.1, 0.15) is 0 Å². The molecular weight excluding hydrogens is 124 g/mol. The minimum absolute atomic E-state index is 0.161. The maximum atomic E-state index is 9.10. The van der Waals surface area contributed by atoms with Gasteiger partial charge in [-0.25, -0.2) is 0 Å². The van der Waals surface area contributed by atoms with Crippen LogP contribution in [0.15, 0.2) is 12.2 Å². The molecule has 0 unspecified atom stereocenters. The second-order valence-corrected chi connectivity index (χ2v) is 3.23. The number of hydrogen-bond acceptors (Lipinski definition) is 1. The molecule has 1 heteroatoms. The average molecular weight is 140 g/mol. The van der Waals surface area contributed by atoms with Crippen molar-refractivity contribution in [2.45, 2.75) is 32.6 Å². The Hall–Kier alpha value is -0.300. The molecule has 1 saturated carbocycles. The van der Waals surface area contributed by atoms with Crippen molar-refractivity contribution in [2.75, 3.05) is 6.61 Å². The zero-order valence-electron chi connectivity index (χ0n) is 6.64. The highest BCUT2D eigenvalue weighted by Gasteiger charge is 2.29. The summed E-state index contributed by atoms with van der Waals surface area (Å²) in [4.78, 5) is 0. The first kappa shape index (κ1) is 7.80. The molecule has 1 N–H and O–H groups in total. The molecule has 0 aliphatic heterocycles. The normalized spacial score (nSPS) is 24.2. The lowest BCUT2D eigenvalue weighted by atomic mass is 9.87. The smallest absolute Gasteiger partial charge is 0.0521 e. The minimum atomic E-state index is 0.161. The molecule has 58 valence electrons. The lowest BCUT2D eigenvalue weighted by molar-refractivity contribution is 0.174. The molecule has 1 fully saturated rings. The zero-order valence-corrected chi connectivity index (χ0v) is 6.64. The lowest BCUT2D eigenvalue weighted by Crippen LogP contribution is -2.17.